The summed E-state index contributed by atoms with van der Waals surface area (Å²) in [6.45, 7) is 0.238. The molecule has 5 amide bonds. The van der Waals surface area contributed by atoms with Crippen LogP contribution in [0, 0.1) is 0 Å². The quantitative estimate of drug-likeness (QED) is 0.483. The number of H-pyrrole nitrogens is 1. The molecule has 6 rings (SSSR count). The molecule has 1 aromatic heterocycles. The molecule has 0 radical (unpaired) electrons. The lowest BCUT2D eigenvalue weighted by atomic mass is 9.95. The lowest BCUT2D eigenvalue weighted by Gasteiger charge is -2.27. The maximum atomic E-state index is 12.5. The zero-order chi connectivity index (χ0) is 22.2. The molecular weight excluding hydrogens is 410 g/mol. The van der Waals surface area contributed by atoms with Gasteiger partial charge in [-0.15, -0.1) is 0 Å². The van der Waals surface area contributed by atoms with Crippen LogP contribution in [-0.2, 0) is 24.1 Å². The number of likely N-dealkylation sites (N-methyl/N-ethyl adjacent to an activating group) is 1. The minimum Gasteiger partial charge on any atom is -0.342 e. The van der Waals surface area contributed by atoms with Crippen LogP contribution in [0.1, 0.15) is 37.7 Å². The van der Waals surface area contributed by atoms with E-state index in [1.807, 2.05) is 12.1 Å². The number of aromatic nitrogens is 2. The molecule has 1 unspecified atom stereocenters. The molecule has 2 N–H and O–H groups in total. The molecular formula is C23H19N5O4. The van der Waals surface area contributed by atoms with E-state index in [0.717, 1.165) is 22.2 Å². The lowest BCUT2D eigenvalue weighted by molar-refractivity contribution is -0.125. The second kappa shape index (κ2) is 6.25. The van der Waals surface area contributed by atoms with E-state index >= 15 is 0 Å². The SMILES string of the molecule is CN1C(=O)NC(=O)C12Cc1cc3nc(CCN4C(=O)c5ccccc5C4=O)[nH]c3cc1C2. The first-order valence-electron chi connectivity index (χ1n) is 10.4. The third-order valence-corrected chi connectivity index (χ3v) is 6.86. The van der Waals surface area contributed by atoms with Crippen molar-refractivity contribution in [1.29, 1.82) is 0 Å². The van der Waals surface area contributed by atoms with Crippen molar-refractivity contribution in [3.63, 3.8) is 0 Å². The van der Waals surface area contributed by atoms with Crippen molar-refractivity contribution in [2.45, 2.75) is 24.8 Å². The summed E-state index contributed by atoms with van der Waals surface area (Å²) < 4.78 is 0. The van der Waals surface area contributed by atoms with E-state index in [9.17, 15) is 19.2 Å². The van der Waals surface area contributed by atoms with Gasteiger partial charge in [0.2, 0.25) is 0 Å². The fourth-order valence-corrected chi connectivity index (χ4v) is 5.04. The largest absolute Gasteiger partial charge is 0.342 e. The average Bonchev–Trinajstić information content (AvgIpc) is 3.47. The zero-order valence-corrected chi connectivity index (χ0v) is 17.3. The summed E-state index contributed by atoms with van der Waals surface area (Å²) in [5, 5.41) is 2.40. The van der Waals surface area contributed by atoms with Crippen molar-refractivity contribution in [3.8, 4) is 0 Å². The van der Waals surface area contributed by atoms with Gasteiger partial charge in [-0.2, -0.15) is 0 Å². The Morgan fingerprint density at radius 1 is 1.00 bits per heavy atom. The topological polar surface area (TPSA) is 115 Å². The van der Waals surface area contributed by atoms with Gasteiger partial charge in [-0.3, -0.25) is 24.6 Å². The van der Waals surface area contributed by atoms with Crippen LogP contribution in [0.15, 0.2) is 36.4 Å². The Kier molecular flexibility index (Phi) is 3.66. The Labute approximate surface area is 182 Å². The summed E-state index contributed by atoms with van der Waals surface area (Å²) >= 11 is 0. The van der Waals surface area contributed by atoms with Crippen LogP contribution in [0.3, 0.4) is 0 Å². The predicted molar refractivity (Wildman–Crippen MR) is 113 cm³/mol. The van der Waals surface area contributed by atoms with Crippen molar-refractivity contribution in [2.24, 2.45) is 0 Å². The number of nitrogens with zero attached hydrogens (tertiary/aromatic N) is 3. The van der Waals surface area contributed by atoms with Crippen LogP contribution in [0.25, 0.3) is 11.0 Å². The van der Waals surface area contributed by atoms with Crippen LogP contribution in [0.5, 0.6) is 0 Å². The van der Waals surface area contributed by atoms with E-state index in [2.05, 4.69) is 15.3 Å². The number of amides is 5. The molecule has 9 heteroatoms. The van der Waals surface area contributed by atoms with Crippen molar-refractivity contribution in [2.75, 3.05) is 13.6 Å². The molecule has 1 spiro atoms. The standard InChI is InChI=1S/C23H19N5O4/c1-27-22(32)26-21(31)23(27)10-12-8-16-17(9-13(12)11-23)25-18(24-16)6-7-28-19(29)14-4-2-3-5-15(14)20(28)30/h2-5,8-9H,6-7,10-11H2,1H3,(H,24,25)(H,26,31,32). The average molecular weight is 429 g/mol. The molecule has 2 aliphatic heterocycles. The molecule has 3 heterocycles. The number of urea groups is 1. The third kappa shape index (κ3) is 2.41. The normalized spacial score (nSPS) is 18.8. The van der Waals surface area contributed by atoms with Gasteiger partial charge in [-0.1, -0.05) is 12.1 Å². The van der Waals surface area contributed by atoms with E-state index in [4.69, 9.17) is 0 Å². The van der Waals surface area contributed by atoms with Gasteiger partial charge in [0.1, 0.15) is 11.4 Å². The highest BCUT2D eigenvalue weighted by molar-refractivity contribution is 6.21. The molecule has 160 valence electrons. The minimum absolute atomic E-state index is 0.238. The number of carbonyl (C=O) groups is 4. The first kappa shape index (κ1) is 18.7. The van der Waals surface area contributed by atoms with E-state index in [-0.39, 0.29) is 30.3 Å². The fraction of sp³-hybridized carbons (Fsp3) is 0.261. The van der Waals surface area contributed by atoms with E-state index in [1.165, 1.54) is 9.80 Å². The van der Waals surface area contributed by atoms with Crippen LogP contribution in [0.4, 0.5) is 4.79 Å². The molecule has 32 heavy (non-hydrogen) atoms. The number of rotatable bonds is 3. The highest BCUT2D eigenvalue weighted by atomic mass is 16.2. The Bertz CT molecular complexity index is 1300. The fourth-order valence-electron chi connectivity index (χ4n) is 5.04. The maximum absolute atomic E-state index is 12.5. The number of carbonyl (C=O) groups excluding carboxylic acids is 4. The van der Waals surface area contributed by atoms with Crippen molar-refractivity contribution in [3.05, 3.63) is 64.5 Å². The van der Waals surface area contributed by atoms with Gasteiger partial charge >= 0.3 is 6.03 Å². The van der Waals surface area contributed by atoms with Gasteiger partial charge in [-0.05, 0) is 35.4 Å². The smallest absolute Gasteiger partial charge is 0.324 e. The lowest BCUT2D eigenvalue weighted by Crippen LogP contribution is -2.48. The molecule has 1 atom stereocenters. The van der Waals surface area contributed by atoms with E-state index in [1.54, 1.807) is 31.3 Å². The number of benzene rings is 2. The predicted octanol–water partition coefficient (Wildman–Crippen LogP) is 1.42. The Hall–Kier alpha value is -4.01. The molecule has 3 aliphatic rings. The van der Waals surface area contributed by atoms with Crippen LogP contribution in [-0.4, -0.2) is 62.7 Å². The maximum Gasteiger partial charge on any atom is 0.324 e. The van der Waals surface area contributed by atoms with Crippen LogP contribution < -0.4 is 5.32 Å². The highest BCUT2D eigenvalue weighted by Gasteiger charge is 2.54. The first-order valence-corrected chi connectivity index (χ1v) is 10.4. The zero-order valence-electron chi connectivity index (χ0n) is 17.3. The minimum atomic E-state index is -0.869. The number of imide groups is 2. The highest BCUT2D eigenvalue weighted by Crippen LogP contribution is 2.38. The molecule has 1 aliphatic carbocycles. The summed E-state index contributed by atoms with van der Waals surface area (Å²) in [5.74, 6) is -0.140. The van der Waals surface area contributed by atoms with Gasteiger partial charge in [0.05, 0.1) is 22.2 Å². The Morgan fingerprint density at radius 3 is 2.28 bits per heavy atom. The molecule has 0 saturated carbocycles. The third-order valence-electron chi connectivity index (χ3n) is 6.86. The van der Waals surface area contributed by atoms with E-state index in [0.29, 0.717) is 36.2 Å². The number of hydrogen-bond donors (Lipinski definition) is 2. The second-order valence-corrected chi connectivity index (χ2v) is 8.58. The molecule has 1 saturated heterocycles. The summed E-state index contributed by atoms with van der Waals surface area (Å²) in [6.07, 6.45) is 1.31. The number of imidazole rings is 1. The number of aromatic amines is 1. The molecule has 2 aromatic carbocycles. The number of fused-ring (bicyclic) bond motifs is 3. The van der Waals surface area contributed by atoms with Crippen LogP contribution in [0.2, 0.25) is 0 Å². The van der Waals surface area contributed by atoms with Crippen molar-refractivity contribution < 1.29 is 19.2 Å². The summed E-state index contributed by atoms with van der Waals surface area (Å²) in [4.78, 5) is 60.2. The summed E-state index contributed by atoms with van der Waals surface area (Å²) in [6, 6.07) is 10.4. The van der Waals surface area contributed by atoms with Gasteiger partial charge in [0.15, 0.2) is 0 Å². The Morgan fingerprint density at radius 2 is 1.66 bits per heavy atom. The van der Waals surface area contributed by atoms with Gasteiger partial charge in [-0.25, -0.2) is 9.78 Å². The van der Waals surface area contributed by atoms with Crippen LogP contribution >= 0.6 is 0 Å². The molecule has 1 fully saturated rings. The molecule has 9 nitrogen and oxygen atoms in total. The van der Waals surface area contributed by atoms with Gasteiger partial charge < -0.3 is 9.88 Å². The van der Waals surface area contributed by atoms with E-state index < -0.39 is 5.54 Å². The first-order chi connectivity index (χ1) is 15.4. The molecule has 0 bridgehead atoms. The van der Waals surface area contributed by atoms with Crippen molar-refractivity contribution in [1.82, 2.24) is 25.1 Å². The monoisotopic (exact) mass is 429 g/mol. The number of hydrogen-bond acceptors (Lipinski definition) is 5. The second-order valence-electron chi connectivity index (χ2n) is 8.58. The van der Waals surface area contributed by atoms with Gasteiger partial charge in [0, 0.05) is 32.9 Å². The van der Waals surface area contributed by atoms with Crippen molar-refractivity contribution >= 4 is 34.8 Å². The van der Waals surface area contributed by atoms with Gasteiger partial charge in [0.25, 0.3) is 17.7 Å². The Balaban J connectivity index is 1.23. The number of nitrogens with one attached hydrogen (secondary N) is 2. The molecule has 3 aromatic rings. The summed E-state index contributed by atoms with van der Waals surface area (Å²) in [7, 11) is 1.65. The summed E-state index contributed by atoms with van der Waals surface area (Å²) in [5.41, 5.74) is 3.58.